The summed E-state index contributed by atoms with van der Waals surface area (Å²) in [5.41, 5.74) is 5.31. The van der Waals surface area contributed by atoms with E-state index in [4.69, 9.17) is 0 Å². The van der Waals surface area contributed by atoms with Gasteiger partial charge in [0.25, 0.3) is 0 Å². The molecule has 0 bridgehead atoms. The first-order chi connectivity index (χ1) is 17.6. The van der Waals surface area contributed by atoms with Gasteiger partial charge in [0.15, 0.2) is 0 Å². The Balaban J connectivity index is 1.29. The van der Waals surface area contributed by atoms with Gasteiger partial charge in [-0.15, -0.1) is 0 Å². The third kappa shape index (κ3) is 6.57. The van der Waals surface area contributed by atoms with E-state index in [1.54, 1.807) is 24.3 Å². The maximum absolute atomic E-state index is 12.8. The minimum atomic E-state index is -3.49. The van der Waals surface area contributed by atoms with Gasteiger partial charge in [-0.25, -0.2) is 12.7 Å². The van der Waals surface area contributed by atoms with E-state index >= 15 is 0 Å². The maximum atomic E-state index is 12.8. The molecule has 0 saturated carbocycles. The van der Waals surface area contributed by atoms with E-state index in [2.05, 4.69) is 58.4 Å². The van der Waals surface area contributed by atoms with Crippen molar-refractivity contribution in [2.45, 2.75) is 31.2 Å². The van der Waals surface area contributed by atoms with Gasteiger partial charge in [0.1, 0.15) is 0 Å². The molecular formula is C29H36N4O3S. The van der Waals surface area contributed by atoms with Crippen molar-refractivity contribution in [1.29, 1.82) is 0 Å². The number of benzene rings is 3. The van der Waals surface area contributed by atoms with Gasteiger partial charge in [-0.05, 0) is 66.9 Å². The third-order valence-corrected chi connectivity index (χ3v) is 8.75. The van der Waals surface area contributed by atoms with Gasteiger partial charge in [-0.3, -0.25) is 9.69 Å². The molecule has 1 unspecified atom stereocenters. The Hall–Kier alpha value is -3.20. The zero-order valence-electron chi connectivity index (χ0n) is 22.0. The average molecular weight is 521 g/mol. The van der Waals surface area contributed by atoms with Gasteiger partial charge in [-0.2, -0.15) is 0 Å². The topological polar surface area (TPSA) is 73.0 Å². The molecule has 1 saturated heterocycles. The van der Waals surface area contributed by atoms with Crippen LogP contribution >= 0.6 is 0 Å². The highest BCUT2D eigenvalue weighted by Gasteiger charge is 2.20. The van der Waals surface area contributed by atoms with Crippen LogP contribution in [0, 0.1) is 6.92 Å². The van der Waals surface area contributed by atoms with Gasteiger partial charge in [0, 0.05) is 58.2 Å². The summed E-state index contributed by atoms with van der Waals surface area (Å²) in [5, 5.41) is 2.98. The summed E-state index contributed by atoms with van der Waals surface area (Å²) in [6, 6.07) is 23.2. The van der Waals surface area contributed by atoms with E-state index < -0.39 is 15.9 Å². The van der Waals surface area contributed by atoms with Gasteiger partial charge < -0.3 is 10.2 Å². The molecule has 3 aromatic carbocycles. The van der Waals surface area contributed by atoms with Crippen molar-refractivity contribution in [3.05, 3.63) is 89.5 Å². The molecule has 1 fully saturated rings. The van der Waals surface area contributed by atoms with Gasteiger partial charge in [0.2, 0.25) is 15.9 Å². The number of nitrogens with one attached hydrogen (secondary N) is 1. The fourth-order valence-electron chi connectivity index (χ4n) is 4.48. The lowest BCUT2D eigenvalue weighted by Crippen LogP contribution is -2.45. The standard InChI is InChI=1S/C29H36N4O3S/c1-22-6-5-7-27(20-22)33-18-16-32(17-19-33)21-24-8-12-26(13-9-24)30-29(34)23(2)25-10-14-28(15-11-25)37(35,36)31(3)4/h5-15,20,23H,16-19,21H2,1-4H3,(H,30,34). The van der Waals surface area contributed by atoms with Crippen molar-refractivity contribution in [1.82, 2.24) is 9.21 Å². The number of hydrogen-bond donors (Lipinski definition) is 1. The lowest BCUT2D eigenvalue weighted by molar-refractivity contribution is -0.117. The number of anilines is 2. The number of piperazine rings is 1. The summed E-state index contributed by atoms with van der Waals surface area (Å²) in [6.45, 7) is 8.88. The van der Waals surface area contributed by atoms with E-state index in [9.17, 15) is 13.2 Å². The van der Waals surface area contributed by atoms with Crippen LogP contribution in [0.5, 0.6) is 0 Å². The second-order valence-electron chi connectivity index (χ2n) is 9.87. The molecule has 37 heavy (non-hydrogen) atoms. The highest BCUT2D eigenvalue weighted by Crippen LogP contribution is 2.22. The van der Waals surface area contributed by atoms with Crippen LogP contribution in [0.25, 0.3) is 0 Å². The van der Waals surface area contributed by atoms with Gasteiger partial charge >= 0.3 is 0 Å². The molecule has 3 aromatic rings. The predicted octanol–water partition coefficient (Wildman–Crippen LogP) is 4.31. The van der Waals surface area contributed by atoms with E-state index in [0.29, 0.717) is 0 Å². The van der Waals surface area contributed by atoms with Crippen molar-refractivity contribution in [3.8, 4) is 0 Å². The smallest absolute Gasteiger partial charge is 0.242 e. The molecule has 0 spiro atoms. The number of nitrogens with zero attached hydrogens (tertiary/aromatic N) is 3. The number of amides is 1. The Morgan fingerprint density at radius 1 is 0.946 bits per heavy atom. The molecule has 0 radical (unpaired) electrons. The van der Waals surface area contributed by atoms with Crippen LogP contribution in [0.2, 0.25) is 0 Å². The maximum Gasteiger partial charge on any atom is 0.242 e. The summed E-state index contributed by atoms with van der Waals surface area (Å²) in [6.07, 6.45) is 0. The number of carbonyl (C=O) groups is 1. The summed E-state index contributed by atoms with van der Waals surface area (Å²) < 4.78 is 25.7. The van der Waals surface area contributed by atoms with Crippen LogP contribution in [0.1, 0.15) is 29.5 Å². The van der Waals surface area contributed by atoms with E-state index in [-0.39, 0.29) is 10.8 Å². The fraction of sp³-hybridized carbons (Fsp3) is 0.345. The molecule has 1 aliphatic rings. The molecule has 4 rings (SSSR count). The van der Waals surface area contributed by atoms with Crippen molar-refractivity contribution in [2.24, 2.45) is 0 Å². The molecule has 1 heterocycles. The van der Waals surface area contributed by atoms with Crippen LogP contribution in [0.3, 0.4) is 0 Å². The Kier molecular flexibility index (Phi) is 8.32. The summed E-state index contributed by atoms with van der Waals surface area (Å²) in [5.74, 6) is -0.552. The van der Waals surface area contributed by atoms with Crippen molar-refractivity contribution in [3.63, 3.8) is 0 Å². The molecule has 1 atom stereocenters. The number of carbonyl (C=O) groups excluding carboxylic acids is 1. The van der Waals surface area contributed by atoms with Crippen molar-refractivity contribution >= 4 is 27.3 Å². The normalized spacial score (nSPS) is 15.5. The van der Waals surface area contributed by atoms with E-state index in [1.165, 1.54) is 35.2 Å². The zero-order chi connectivity index (χ0) is 26.6. The lowest BCUT2D eigenvalue weighted by Gasteiger charge is -2.36. The second kappa shape index (κ2) is 11.5. The number of aryl methyl sites for hydroxylation is 1. The van der Waals surface area contributed by atoms with Crippen molar-refractivity contribution in [2.75, 3.05) is 50.5 Å². The molecule has 0 aromatic heterocycles. The molecular weight excluding hydrogens is 484 g/mol. The van der Waals surface area contributed by atoms with E-state index in [1.807, 2.05) is 19.1 Å². The van der Waals surface area contributed by atoms with E-state index in [0.717, 1.165) is 44.0 Å². The summed E-state index contributed by atoms with van der Waals surface area (Å²) in [7, 11) is -0.499. The number of sulfonamides is 1. The van der Waals surface area contributed by atoms with Gasteiger partial charge in [0.05, 0.1) is 10.8 Å². The van der Waals surface area contributed by atoms with Crippen LogP contribution in [-0.2, 0) is 21.4 Å². The average Bonchev–Trinajstić information content (AvgIpc) is 2.90. The van der Waals surface area contributed by atoms with Crippen molar-refractivity contribution < 1.29 is 13.2 Å². The third-order valence-electron chi connectivity index (χ3n) is 6.92. The lowest BCUT2D eigenvalue weighted by atomic mass is 10.0. The molecule has 1 N–H and O–H groups in total. The first kappa shape index (κ1) is 26.9. The molecule has 8 heteroatoms. The Morgan fingerprint density at radius 2 is 1.59 bits per heavy atom. The largest absolute Gasteiger partial charge is 0.369 e. The highest BCUT2D eigenvalue weighted by atomic mass is 32.2. The molecule has 7 nitrogen and oxygen atoms in total. The Morgan fingerprint density at radius 3 is 2.19 bits per heavy atom. The molecule has 196 valence electrons. The quantitative estimate of drug-likeness (QED) is 0.479. The van der Waals surface area contributed by atoms with Crippen LogP contribution < -0.4 is 10.2 Å². The minimum Gasteiger partial charge on any atom is -0.369 e. The summed E-state index contributed by atoms with van der Waals surface area (Å²) in [4.78, 5) is 17.9. The second-order valence-corrected chi connectivity index (χ2v) is 12.0. The Bertz CT molecular complexity index is 1310. The zero-order valence-corrected chi connectivity index (χ0v) is 22.8. The minimum absolute atomic E-state index is 0.136. The van der Waals surface area contributed by atoms with Gasteiger partial charge in [-0.1, -0.05) is 36.4 Å². The van der Waals surface area contributed by atoms with Crippen LogP contribution in [-0.4, -0.2) is 63.8 Å². The van der Waals surface area contributed by atoms with Crippen LogP contribution in [0.15, 0.2) is 77.7 Å². The first-order valence-corrected chi connectivity index (χ1v) is 14.0. The SMILES string of the molecule is Cc1cccc(N2CCN(Cc3ccc(NC(=O)C(C)c4ccc(S(=O)(=O)N(C)C)cc4)cc3)CC2)c1. The van der Waals surface area contributed by atoms with Crippen LogP contribution in [0.4, 0.5) is 11.4 Å². The number of rotatable bonds is 8. The summed E-state index contributed by atoms with van der Waals surface area (Å²) >= 11 is 0. The monoisotopic (exact) mass is 520 g/mol. The number of hydrogen-bond acceptors (Lipinski definition) is 5. The predicted molar refractivity (Wildman–Crippen MR) is 149 cm³/mol. The molecule has 0 aliphatic carbocycles. The Labute approximate surface area is 220 Å². The highest BCUT2D eigenvalue weighted by molar-refractivity contribution is 7.89. The fourth-order valence-corrected chi connectivity index (χ4v) is 5.38. The first-order valence-electron chi connectivity index (χ1n) is 12.6. The molecule has 1 amide bonds. The molecule has 1 aliphatic heterocycles.